The normalized spacial score (nSPS) is 19.1. The highest BCUT2D eigenvalue weighted by molar-refractivity contribution is 6.30. The van der Waals surface area contributed by atoms with Crippen molar-refractivity contribution in [1.82, 2.24) is 9.80 Å². The largest absolute Gasteiger partial charge is 0.395 e. The molecule has 1 aromatic carbocycles. The lowest BCUT2D eigenvalue weighted by Crippen LogP contribution is -2.39. The van der Waals surface area contributed by atoms with Crippen LogP contribution in [0.1, 0.15) is 31.4 Å². The smallest absolute Gasteiger partial charge is 0.0558 e. The Bertz CT molecular complexity index is 415. The molecule has 3 nitrogen and oxygen atoms in total. The molecule has 0 amide bonds. The number of hydrogen-bond donors (Lipinski definition) is 1. The summed E-state index contributed by atoms with van der Waals surface area (Å²) >= 11 is 5.95. The minimum absolute atomic E-state index is 0.276. The molecular formula is C17H27ClN2O. The first-order valence-corrected chi connectivity index (χ1v) is 8.27. The summed E-state index contributed by atoms with van der Waals surface area (Å²) in [6, 6.07) is 8.59. The van der Waals surface area contributed by atoms with Gasteiger partial charge in [-0.15, -0.1) is 0 Å². The van der Waals surface area contributed by atoms with Crippen molar-refractivity contribution in [1.29, 1.82) is 0 Å². The Morgan fingerprint density at radius 3 is 2.48 bits per heavy atom. The van der Waals surface area contributed by atoms with Crippen LogP contribution in [0, 0.1) is 5.92 Å². The molecule has 1 aromatic rings. The molecule has 118 valence electrons. The number of halogens is 1. The molecule has 0 aromatic heterocycles. The van der Waals surface area contributed by atoms with Gasteiger partial charge in [-0.05, 0) is 63.5 Å². The first-order chi connectivity index (χ1) is 10.1. The van der Waals surface area contributed by atoms with E-state index in [2.05, 4.69) is 35.9 Å². The maximum atomic E-state index is 8.99. The standard InChI is InChI=1S/C17H27ClN2O/c1-14(16-3-5-17(18)6-4-16)19(2)13-15-7-9-20(10-8-15)11-12-21/h3-6,14-15,21H,7-13H2,1-2H3/t14-/m0/s1. The van der Waals surface area contributed by atoms with Crippen LogP contribution in [0.3, 0.4) is 0 Å². The average molecular weight is 311 g/mol. The highest BCUT2D eigenvalue weighted by Crippen LogP contribution is 2.24. The molecule has 1 aliphatic rings. The summed E-state index contributed by atoms with van der Waals surface area (Å²) < 4.78 is 0. The molecular weight excluding hydrogens is 284 g/mol. The van der Waals surface area contributed by atoms with Crippen LogP contribution >= 0.6 is 11.6 Å². The van der Waals surface area contributed by atoms with Gasteiger partial charge in [0.25, 0.3) is 0 Å². The van der Waals surface area contributed by atoms with Crippen molar-refractivity contribution in [2.75, 3.05) is 39.8 Å². The summed E-state index contributed by atoms with van der Waals surface area (Å²) in [5.74, 6) is 0.764. The predicted octanol–water partition coefficient (Wildman–Crippen LogP) is 3.04. The third kappa shape index (κ3) is 4.96. The van der Waals surface area contributed by atoms with Crippen LogP contribution in [0.25, 0.3) is 0 Å². The van der Waals surface area contributed by atoms with E-state index in [0.717, 1.165) is 37.1 Å². The molecule has 0 aliphatic carbocycles. The molecule has 1 N–H and O–H groups in total. The quantitative estimate of drug-likeness (QED) is 0.875. The van der Waals surface area contributed by atoms with Gasteiger partial charge in [-0.2, -0.15) is 0 Å². The third-order valence-corrected chi connectivity index (χ3v) is 4.94. The van der Waals surface area contributed by atoms with Crippen molar-refractivity contribution in [2.24, 2.45) is 5.92 Å². The molecule has 1 aliphatic heterocycles. The zero-order chi connectivity index (χ0) is 15.2. The Hall–Kier alpha value is -0.610. The number of benzene rings is 1. The fourth-order valence-corrected chi connectivity index (χ4v) is 3.22. The van der Waals surface area contributed by atoms with Gasteiger partial charge in [0.1, 0.15) is 0 Å². The lowest BCUT2D eigenvalue weighted by atomic mass is 9.95. The molecule has 4 heteroatoms. The second-order valence-corrected chi connectivity index (χ2v) is 6.61. The minimum Gasteiger partial charge on any atom is -0.395 e. The van der Waals surface area contributed by atoms with E-state index < -0.39 is 0 Å². The minimum atomic E-state index is 0.276. The molecule has 0 radical (unpaired) electrons. The first-order valence-electron chi connectivity index (χ1n) is 7.89. The van der Waals surface area contributed by atoms with E-state index in [-0.39, 0.29) is 6.61 Å². The number of hydrogen-bond acceptors (Lipinski definition) is 3. The van der Waals surface area contributed by atoms with Gasteiger partial charge in [-0.1, -0.05) is 23.7 Å². The van der Waals surface area contributed by atoms with E-state index in [0.29, 0.717) is 6.04 Å². The SMILES string of the molecule is C[C@@H](c1ccc(Cl)cc1)N(C)CC1CCN(CCO)CC1. The molecule has 0 unspecified atom stereocenters. The fraction of sp³-hybridized carbons (Fsp3) is 0.647. The van der Waals surface area contributed by atoms with E-state index in [4.69, 9.17) is 16.7 Å². The highest BCUT2D eigenvalue weighted by Gasteiger charge is 2.22. The molecule has 1 atom stereocenters. The van der Waals surface area contributed by atoms with Crippen molar-refractivity contribution in [3.8, 4) is 0 Å². The van der Waals surface area contributed by atoms with Crippen LogP contribution in [0.15, 0.2) is 24.3 Å². The first kappa shape index (κ1) is 16.8. The van der Waals surface area contributed by atoms with Gasteiger partial charge in [-0.3, -0.25) is 4.90 Å². The molecule has 1 heterocycles. The Kier molecular flexibility index (Phi) is 6.49. The number of piperidine rings is 1. The van der Waals surface area contributed by atoms with Crippen LogP contribution in [0.5, 0.6) is 0 Å². The molecule has 0 spiro atoms. The van der Waals surface area contributed by atoms with Crippen molar-refractivity contribution in [3.05, 3.63) is 34.9 Å². The van der Waals surface area contributed by atoms with Crippen molar-refractivity contribution in [3.63, 3.8) is 0 Å². The van der Waals surface area contributed by atoms with Gasteiger partial charge in [0.15, 0.2) is 0 Å². The summed E-state index contributed by atoms with van der Waals surface area (Å²) in [4.78, 5) is 4.80. The number of β-amino-alcohol motifs (C(OH)–C–C–N with tert-alkyl or cyclic N) is 1. The lowest BCUT2D eigenvalue weighted by molar-refractivity contribution is 0.121. The van der Waals surface area contributed by atoms with Crippen molar-refractivity contribution < 1.29 is 5.11 Å². The van der Waals surface area contributed by atoms with E-state index in [9.17, 15) is 0 Å². The monoisotopic (exact) mass is 310 g/mol. The zero-order valence-electron chi connectivity index (χ0n) is 13.1. The number of rotatable bonds is 6. The van der Waals surface area contributed by atoms with Crippen LogP contribution in [-0.2, 0) is 0 Å². The molecule has 1 fully saturated rings. The second-order valence-electron chi connectivity index (χ2n) is 6.18. The number of aliphatic hydroxyl groups excluding tert-OH is 1. The third-order valence-electron chi connectivity index (χ3n) is 4.68. The van der Waals surface area contributed by atoms with Crippen LogP contribution < -0.4 is 0 Å². The van der Waals surface area contributed by atoms with Crippen molar-refractivity contribution in [2.45, 2.75) is 25.8 Å². The van der Waals surface area contributed by atoms with Gasteiger partial charge in [0, 0.05) is 24.2 Å². The van der Waals surface area contributed by atoms with Gasteiger partial charge >= 0.3 is 0 Å². The van der Waals surface area contributed by atoms with E-state index in [1.807, 2.05) is 12.1 Å². The summed E-state index contributed by atoms with van der Waals surface area (Å²) in [5, 5.41) is 9.79. The van der Waals surface area contributed by atoms with Gasteiger partial charge in [0.05, 0.1) is 6.61 Å². The topological polar surface area (TPSA) is 26.7 Å². The van der Waals surface area contributed by atoms with E-state index >= 15 is 0 Å². The fourth-order valence-electron chi connectivity index (χ4n) is 3.10. The Morgan fingerprint density at radius 2 is 1.90 bits per heavy atom. The van der Waals surface area contributed by atoms with Gasteiger partial charge < -0.3 is 10.0 Å². The number of likely N-dealkylation sites (tertiary alicyclic amines) is 1. The molecule has 2 rings (SSSR count). The zero-order valence-corrected chi connectivity index (χ0v) is 13.9. The summed E-state index contributed by atoms with van der Waals surface area (Å²) in [6.45, 7) is 6.73. The highest BCUT2D eigenvalue weighted by atomic mass is 35.5. The Morgan fingerprint density at radius 1 is 1.29 bits per heavy atom. The van der Waals surface area contributed by atoms with E-state index in [1.165, 1.54) is 18.4 Å². The molecule has 0 saturated carbocycles. The van der Waals surface area contributed by atoms with Crippen molar-refractivity contribution >= 4 is 11.6 Å². The van der Waals surface area contributed by atoms with Crippen LogP contribution in [0.4, 0.5) is 0 Å². The Balaban J connectivity index is 1.81. The van der Waals surface area contributed by atoms with Crippen LogP contribution in [0.2, 0.25) is 5.02 Å². The lowest BCUT2D eigenvalue weighted by Gasteiger charge is -2.35. The maximum Gasteiger partial charge on any atom is 0.0558 e. The average Bonchev–Trinajstić information content (AvgIpc) is 2.49. The van der Waals surface area contributed by atoms with Gasteiger partial charge in [-0.25, -0.2) is 0 Å². The van der Waals surface area contributed by atoms with Gasteiger partial charge in [0.2, 0.25) is 0 Å². The summed E-state index contributed by atoms with van der Waals surface area (Å²) in [5.41, 5.74) is 1.32. The summed E-state index contributed by atoms with van der Waals surface area (Å²) in [7, 11) is 2.21. The maximum absolute atomic E-state index is 8.99. The van der Waals surface area contributed by atoms with Crippen LogP contribution in [-0.4, -0.2) is 54.7 Å². The van der Waals surface area contributed by atoms with E-state index in [1.54, 1.807) is 0 Å². The number of aliphatic hydroxyl groups is 1. The molecule has 1 saturated heterocycles. The summed E-state index contributed by atoms with van der Waals surface area (Å²) in [6.07, 6.45) is 2.47. The Labute approximate surface area is 133 Å². The second kappa shape index (κ2) is 8.14. The molecule has 21 heavy (non-hydrogen) atoms. The predicted molar refractivity (Wildman–Crippen MR) is 88.7 cm³/mol. The number of nitrogens with zero attached hydrogens (tertiary/aromatic N) is 2. The molecule has 0 bridgehead atoms.